The van der Waals surface area contributed by atoms with Gasteiger partial charge in [-0.05, 0) is 86.3 Å². The maximum absolute atomic E-state index is 9.13. The van der Waals surface area contributed by atoms with Crippen molar-refractivity contribution < 1.29 is 0 Å². The minimum absolute atomic E-state index is 0.320. The van der Waals surface area contributed by atoms with E-state index in [9.17, 15) is 0 Å². The van der Waals surface area contributed by atoms with Crippen LogP contribution in [0.3, 0.4) is 0 Å². The van der Waals surface area contributed by atoms with Gasteiger partial charge in [-0.3, -0.25) is 25.4 Å². The van der Waals surface area contributed by atoms with E-state index in [1.165, 1.54) is 5.39 Å². The molecule has 1 aliphatic carbocycles. The Labute approximate surface area is 290 Å². The van der Waals surface area contributed by atoms with Gasteiger partial charge in [0.15, 0.2) is 0 Å². The standard InChI is InChI=1S/C44H32N6/c45-43-24-38(32-11-9-30(10-12-32)35-6-3-21-46-25-35)23-41(33-15-13-31(14-16-33)36-7-4-22-47-26-36)44(43)50-29-49-39-19-17-34(18-20-39)42-28-48-27-37-5-1-2-8-40(37)42/h1-28,45,49H,29H2. The monoisotopic (exact) mass is 644 g/mol. The van der Waals surface area contributed by atoms with Crippen molar-refractivity contribution in [1.29, 1.82) is 5.41 Å². The van der Waals surface area contributed by atoms with Crippen LogP contribution >= 0.6 is 0 Å². The second kappa shape index (κ2) is 13.7. The third-order valence-corrected chi connectivity index (χ3v) is 8.90. The second-order valence-electron chi connectivity index (χ2n) is 12.0. The molecule has 0 saturated heterocycles. The first-order valence-corrected chi connectivity index (χ1v) is 16.5. The number of aromatic nitrogens is 3. The van der Waals surface area contributed by atoms with Crippen LogP contribution in [-0.2, 0) is 0 Å². The Morgan fingerprint density at radius 2 is 1.14 bits per heavy atom. The molecule has 4 aromatic carbocycles. The molecular formula is C44H32N6. The van der Waals surface area contributed by atoms with Gasteiger partial charge in [-0.15, -0.1) is 0 Å². The Morgan fingerprint density at radius 1 is 0.520 bits per heavy atom. The molecule has 0 radical (unpaired) electrons. The molecule has 8 rings (SSSR count). The lowest BCUT2D eigenvalue weighted by molar-refractivity contribution is 1.14. The summed E-state index contributed by atoms with van der Waals surface area (Å²) in [7, 11) is 0. The lowest BCUT2D eigenvalue weighted by Gasteiger charge is -2.19. The summed E-state index contributed by atoms with van der Waals surface area (Å²) < 4.78 is 0. The molecule has 0 atom stereocenters. The van der Waals surface area contributed by atoms with Crippen molar-refractivity contribution in [2.75, 3.05) is 12.0 Å². The fraction of sp³-hybridized carbons (Fsp3) is 0.0227. The summed E-state index contributed by atoms with van der Waals surface area (Å²) in [6.45, 7) is 0.320. The quantitative estimate of drug-likeness (QED) is 0.161. The number of hydrogen-bond donors (Lipinski definition) is 2. The fourth-order valence-electron chi connectivity index (χ4n) is 6.28. The molecule has 6 heteroatoms. The molecule has 6 nitrogen and oxygen atoms in total. The largest absolute Gasteiger partial charge is 0.366 e. The zero-order chi connectivity index (χ0) is 33.7. The summed E-state index contributed by atoms with van der Waals surface area (Å²) >= 11 is 0. The van der Waals surface area contributed by atoms with Crippen molar-refractivity contribution >= 4 is 39.0 Å². The molecule has 238 valence electrons. The lowest BCUT2D eigenvalue weighted by Crippen LogP contribution is -2.19. The average Bonchev–Trinajstić information content (AvgIpc) is 3.19. The molecule has 0 fully saturated rings. The first-order chi connectivity index (χ1) is 24.7. The van der Waals surface area contributed by atoms with Crippen LogP contribution in [0, 0.1) is 5.41 Å². The Kier molecular flexibility index (Phi) is 8.40. The Morgan fingerprint density at radius 3 is 1.80 bits per heavy atom. The van der Waals surface area contributed by atoms with E-state index in [2.05, 4.69) is 129 Å². The van der Waals surface area contributed by atoms with Gasteiger partial charge >= 0.3 is 0 Å². The molecule has 0 saturated carbocycles. The average molecular weight is 645 g/mol. The highest BCUT2D eigenvalue weighted by atomic mass is 15.0. The Hall–Kier alpha value is -6.79. The van der Waals surface area contributed by atoms with Gasteiger partial charge in [0.25, 0.3) is 0 Å². The summed E-state index contributed by atoms with van der Waals surface area (Å²) in [6, 6.07) is 41.4. The molecule has 50 heavy (non-hydrogen) atoms. The highest BCUT2D eigenvalue weighted by Crippen LogP contribution is 2.32. The van der Waals surface area contributed by atoms with Crippen molar-refractivity contribution in [3.63, 3.8) is 0 Å². The van der Waals surface area contributed by atoms with Crippen LogP contribution in [0.2, 0.25) is 0 Å². The number of allylic oxidation sites excluding steroid dienone is 4. The summed E-state index contributed by atoms with van der Waals surface area (Å²) in [5.41, 5.74) is 12.4. The highest BCUT2D eigenvalue weighted by Gasteiger charge is 2.20. The molecule has 0 bridgehead atoms. The van der Waals surface area contributed by atoms with E-state index in [-0.39, 0.29) is 0 Å². The van der Waals surface area contributed by atoms with E-state index in [0.717, 1.165) is 66.7 Å². The molecule has 0 unspecified atom stereocenters. The van der Waals surface area contributed by atoms with Gasteiger partial charge < -0.3 is 5.32 Å². The maximum atomic E-state index is 9.13. The third-order valence-electron chi connectivity index (χ3n) is 8.90. The Balaban J connectivity index is 1.07. The fourth-order valence-corrected chi connectivity index (χ4v) is 6.28. The number of nitrogens with zero attached hydrogens (tertiary/aromatic N) is 4. The summed E-state index contributed by atoms with van der Waals surface area (Å²) in [6.07, 6.45) is 15.1. The maximum Gasteiger partial charge on any atom is 0.108 e. The molecule has 0 aliphatic heterocycles. The van der Waals surface area contributed by atoms with Crippen molar-refractivity contribution in [2.45, 2.75) is 0 Å². The van der Waals surface area contributed by atoms with E-state index in [4.69, 9.17) is 10.4 Å². The highest BCUT2D eigenvalue weighted by molar-refractivity contribution is 6.62. The number of hydrogen-bond acceptors (Lipinski definition) is 6. The molecular weight excluding hydrogens is 613 g/mol. The van der Waals surface area contributed by atoms with E-state index < -0.39 is 0 Å². The van der Waals surface area contributed by atoms with Crippen molar-refractivity contribution in [3.05, 3.63) is 182 Å². The van der Waals surface area contributed by atoms with Crippen LogP contribution in [0.5, 0.6) is 0 Å². The van der Waals surface area contributed by atoms with Gasteiger partial charge in [0.1, 0.15) is 6.67 Å². The summed E-state index contributed by atoms with van der Waals surface area (Å²) in [5.74, 6) is 0. The molecule has 3 heterocycles. The van der Waals surface area contributed by atoms with Crippen molar-refractivity contribution in [3.8, 4) is 33.4 Å². The predicted molar refractivity (Wildman–Crippen MR) is 206 cm³/mol. The lowest BCUT2D eigenvalue weighted by atomic mass is 9.87. The topological polar surface area (TPSA) is 86.9 Å². The van der Waals surface area contributed by atoms with E-state index in [1.807, 2.05) is 49.1 Å². The van der Waals surface area contributed by atoms with Gasteiger partial charge in [0, 0.05) is 59.4 Å². The molecule has 0 spiro atoms. The van der Waals surface area contributed by atoms with E-state index in [0.29, 0.717) is 18.1 Å². The van der Waals surface area contributed by atoms with Gasteiger partial charge in [-0.1, -0.05) is 97.1 Å². The molecule has 3 aromatic heterocycles. The minimum Gasteiger partial charge on any atom is -0.366 e. The zero-order valence-electron chi connectivity index (χ0n) is 27.2. The number of nitrogens with one attached hydrogen (secondary N) is 2. The van der Waals surface area contributed by atoms with Crippen LogP contribution < -0.4 is 5.32 Å². The first kappa shape index (κ1) is 30.5. The number of aliphatic imine (C=N–C) groups is 1. The van der Waals surface area contributed by atoms with Crippen LogP contribution in [0.15, 0.2) is 176 Å². The van der Waals surface area contributed by atoms with Crippen molar-refractivity contribution in [2.24, 2.45) is 4.99 Å². The van der Waals surface area contributed by atoms with E-state index in [1.54, 1.807) is 12.4 Å². The van der Waals surface area contributed by atoms with Gasteiger partial charge in [-0.2, -0.15) is 0 Å². The normalized spacial score (nSPS) is 13.6. The van der Waals surface area contributed by atoms with Gasteiger partial charge in [0.05, 0.1) is 11.4 Å². The molecule has 0 amide bonds. The number of anilines is 1. The second-order valence-corrected chi connectivity index (χ2v) is 12.0. The minimum atomic E-state index is 0.320. The van der Waals surface area contributed by atoms with Gasteiger partial charge in [0.2, 0.25) is 0 Å². The smallest absolute Gasteiger partial charge is 0.108 e. The van der Waals surface area contributed by atoms with Crippen LogP contribution in [-0.4, -0.2) is 33.0 Å². The first-order valence-electron chi connectivity index (χ1n) is 16.5. The number of rotatable bonds is 8. The number of benzene rings is 4. The SMILES string of the molecule is N=C1C=C(c2ccc(-c3cccnc3)cc2)C=C(c2ccc(-c3cccnc3)cc2)C1=NCNc1ccc(-c2cncc3ccccc23)cc1. The zero-order valence-corrected chi connectivity index (χ0v) is 27.2. The van der Waals surface area contributed by atoms with Crippen molar-refractivity contribution in [1.82, 2.24) is 15.0 Å². The van der Waals surface area contributed by atoms with Crippen LogP contribution in [0.1, 0.15) is 11.1 Å². The van der Waals surface area contributed by atoms with Crippen LogP contribution in [0.25, 0.3) is 55.3 Å². The molecule has 1 aliphatic rings. The molecule has 7 aromatic rings. The third kappa shape index (κ3) is 6.38. The Bertz CT molecular complexity index is 2390. The van der Waals surface area contributed by atoms with Crippen LogP contribution in [0.4, 0.5) is 5.69 Å². The summed E-state index contributed by atoms with van der Waals surface area (Å²) in [5, 5.41) is 14.9. The number of pyridine rings is 3. The van der Waals surface area contributed by atoms with E-state index >= 15 is 0 Å². The molecule has 2 N–H and O–H groups in total. The number of fused-ring (bicyclic) bond motifs is 1. The summed E-state index contributed by atoms with van der Waals surface area (Å²) in [4.78, 5) is 17.9. The predicted octanol–water partition coefficient (Wildman–Crippen LogP) is 10.0. The van der Waals surface area contributed by atoms with Gasteiger partial charge in [-0.25, -0.2) is 0 Å².